The Hall–Kier alpha value is -2.11. The van der Waals surface area contributed by atoms with E-state index in [1.807, 2.05) is 0 Å². The molecule has 0 unspecified atom stereocenters. The third kappa shape index (κ3) is 3.94. The third-order valence-corrected chi connectivity index (χ3v) is 2.77. The van der Waals surface area contributed by atoms with Gasteiger partial charge >= 0.3 is 5.97 Å². The molecule has 0 saturated carbocycles. The van der Waals surface area contributed by atoms with Crippen LogP contribution in [0.1, 0.15) is 29.4 Å². The monoisotopic (exact) mass is 266 g/mol. The van der Waals surface area contributed by atoms with Crippen molar-refractivity contribution in [2.75, 3.05) is 20.2 Å². The zero-order valence-electron chi connectivity index (χ0n) is 11.4. The number of rotatable bonds is 5. The second-order valence-electron chi connectivity index (χ2n) is 4.10. The molecule has 1 rings (SSSR count). The number of esters is 1. The van der Waals surface area contributed by atoms with Gasteiger partial charge in [0.2, 0.25) is 0 Å². The molecule has 0 aliphatic rings. The zero-order valence-corrected chi connectivity index (χ0v) is 11.4. The molecule has 1 aromatic heterocycles. The molecule has 0 saturated heterocycles. The smallest absolute Gasteiger partial charge is 0.307 e. The first kappa shape index (κ1) is 14.9. The molecule has 0 aliphatic carbocycles. The molecule has 0 spiro atoms. The number of amides is 1. The molecule has 19 heavy (non-hydrogen) atoms. The van der Waals surface area contributed by atoms with E-state index in [1.165, 1.54) is 18.1 Å². The average molecular weight is 266 g/mol. The lowest BCUT2D eigenvalue weighted by atomic mass is 10.2. The van der Waals surface area contributed by atoms with Crippen molar-refractivity contribution >= 4 is 11.9 Å². The summed E-state index contributed by atoms with van der Waals surface area (Å²) in [5.74, 6) is -0.767. The fraction of sp³-hybridized carbons (Fsp3) is 0.462. The van der Waals surface area contributed by atoms with E-state index in [9.17, 15) is 14.4 Å². The number of nitrogens with one attached hydrogen (secondary N) is 1. The predicted octanol–water partition coefficient (Wildman–Crippen LogP) is 0.709. The number of nitrogens with zero attached hydrogens (tertiary/aromatic N) is 1. The summed E-state index contributed by atoms with van der Waals surface area (Å²) in [6, 6.07) is 3.17. The lowest BCUT2D eigenvalue weighted by Crippen LogP contribution is -2.36. The Morgan fingerprint density at radius 3 is 2.58 bits per heavy atom. The summed E-state index contributed by atoms with van der Waals surface area (Å²) in [7, 11) is 1.30. The van der Waals surface area contributed by atoms with Crippen LogP contribution in [0.25, 0.3) is 0 Å². The Kier molecular flexibility index (Phi) is 5.29. The number of carbonyl (C=O) groups is 2. The molecule has 0 aromatic carbocycles. The lowest BCUT2D eigenvalue weighted by Gasteiger charge is -2.19. The van der Waals surface area contributed by atoms with Gasteiger partial charge in [-0.2, -0.15) is 0 Å². The molecule has 1 heterocycles. The van der Waals surface area contributed by atoms with Crippen molar-refractivity contribution in [1.29, 1.82) is 0 Å². The number of methoxy groups -OCH3 is 1. The number of ether oxygens (including phenoxy) is 1. The van der Waals surface area contributed by atoms with Crippen molar-refractivity contribution < 1.29 is 14.3 Å². The molecule has 6 nitrogen and oxygen atoms in total. The van der Waals surface area contributed by atoms with Gasteiger partial charge in [0, 0.05) is 18.8 Å². The van der Waals surface area contributed by atoms with E-state index >= 15 is 0 Å². The molecule has 1 aromatic rings. The molecule has 1 amide bonds. The van der Waals surface area contributed by atoms with Gasteiger partial charge in [0.25, 0.3) is 11.5 Å². The fourth-order valence-corrected chi connectivity index (χ4v) is 1.64. The van der Waals surface area contributed by atoms with E-state index in [-0.39, 0.29) is 30.4 Å². The van der Waals surface area contributed by atoms with Crippen LogP contribution in [0, 0.1) is 6.92 Å². The Bertz CT molecular complexity index is 522. The molecule has 6 heteroatoms. The van der Waals surface area contributed by atoms with Crippen LogP contribution in [0.15, 0.2) is 16.9 Å². The van der Waals surface area contributed by atoms with Crippen molar-refractivity contribution in [1.82, 2.24) is 9.88 Å². The van der Waals surface area contributed by atoms with E-state index in [0.717, 1.165) is 0 Å². The summed E-state index contributed by atoms with van der Waals surface area (Å²) < 4.78 is 4.53. The Morgan fingerprint density at radius 1 is 1.37 bits per heavy atom. The van der Waals surface area contributed by atoms with Gasteiger partial charge in [0.05, 0.1) is 13.5 Å². The second-order valence-corrected chi connectivity index (χ2v) is 4.10. The topological polar surface area (TPSA) is 79.5 Å². The summed E-state index contributed by atoms with van der Waals surface area (Å²) in [6.07, 6.45) is 0.111. The molecule has 0 radical (unpaired) electrons. The minimum absolute atomic E-state index is 0.0808. The van der Waals surface area contributed by atoms with Crippen molar-refractivity contribution in [3.8, 4) is 0 Å². The van der Waals surface area contributed by atoms with Crippen LogP contribution in [0.4, 0.5) is 0 Å². The lowest BCUT2D eigenvalue weighted by molar-refractivity contribution is -0.140. The van der Waals surface area contributed by atoms with E-state index in [2.05, 4.69) is 9.72 Å². The highest BCUT2D eigenvalue weighted by Crippen LogP contribution is 2.02. The van der Waals surface area contributed by atoms with Crippen LogP contribution in [0.2, 0.25) is 0 Å². The maximum Gasteiger partial charge on any atom is 0.307 e. The zero-order chi connectivity index (χ0) is 14.4. The quantitative estimate of drug-likeness (QED) is 0.796. The van der Waals surface area contributed by atoms with Gasteiger partial charge in [0.15, 0.2) is 0 Å². The van der Waals surface area contributed by atoms with Gasteiger partial charge in [-0.05, 0) is 26.0 Å². The molecule has 0 fully saturated rings. The highest BCUT2D eigenvalue weighted by molar-refractivity contribution is 5.94. The van der Waals surface area contributed by atoms with Crippen LogP contribution >= 0.6 is 0 Å². The minimum atomic E-state index is -0.415. The number of hydrogen-bond donors (Lipinski definition) is 1. The van der Waals surface area contributed by atoms with Gasteiger partial charge in [-0.15, -0.1) is 0 Å². The maximum absolute atomic E-state index is 12.2. The molecule has 104 valence electrons. The van der Waals surface area contributed by atoms with Gasteiger partial charge in [-0.3, -0.25) is 14.4 Å². The van der Waals surface area contributed by atoms with Crippen LogP contribution in [-0.4, -0.2) is 42.0 Å². The van der Waals surface area contributed by atoms with Crippen molar-refractivity contribution in [3.63, 3.8) is 0 Å². The van der Waals surface area contributed by atoms with E-state index in [0.29, 0.717) is 12.2 Å². The largest absolute Gasteiger partial charge is 0.469 e. The molecular formula is C13H18N2O4. The predicted molar refractivity (Wildman–Crippen MR) is 70.0 cm³/mol. The molecule has 0 aliphatic heterocycles. The Labute approximate surface area is 111 Å². The molecule has 0 atom stereocenters. The number of aryl methyl sites for hydroxylation is 1. The van der Waals surface area contributed by atoms with E-state index in [4.69, 9.17) is 0 Å². The number of carbonyl (C=O) groups excluding carboxylic acids is 2. The third-order valence-electron chi connectivity index (χ3n) is 2.77. The summed E-state index contributed by atoms with van der Waals surface area (Å²) >= 11 is 0. The normalized spacial score (nSPS) is 10.1. The van der Waals surface area contributed by atoms with Crippen molar-refractivity contribution in [2.24, 2.45) is 0 Å². The molecule has 0 bridgehead atoms. The second kappa shape index (κ2) is 6.72. The minimum Gasteiger partial charge on any atom is -0.469 e. The van der Waals surface area contributed by atoms with Crippen LogP contribution in [0.5, 0.6) is 0 Å². The van der Waals surface area contributed by atoms with Gasteiger partial charge in [0.1, 0.15) is 5.56 Å². The highest BCUT2D eigenvalue weighted by Gasteiger charge is 2.18. The SMILES string of the molecule is CCN(CCC(=O)OC)C(=O)c1ccc(C)[nH]c1=O. The Balaban J connectivity index is 2.83. The van der Waals surface area contributed by atoms with Gasteiger partial charge < -0.3 is 14.6 Å². The van der Waals surface area contributed by atoms with Crippen molar-refractivity contribution in [2.45, 2.75) is 20.3 Å². The number of aromatic nitrogens is 1. The first-order valence-corrected chi connectivity index (χ1v) is 6.05. The highest BCUT2D eigenvalue weighted by atomic mass is 16.5. The van der Waals surface area contributed by atoms with Crippen LogP contribution < -0.4 is 5.56 Å². The average Bonchev–Trinajstić information content (AvgIpc) is 2.38. The van der Waals surface area contributed by atoms with E-state index in [1.54, 1.807) is 19.9 Å². The summed E-state index contributed by atoms with van der Waals surface area (Å²) in [5, 5.41) is 0. The molecule has 1 N–H and O–H groups in total. The first-order chi connectivity index (χ1) is 8.99. The van der Waals surface area contributed by atoms with Gasteiger partial charge in [-0.1, -0.05) is 0 Å². The van der Waals surface area contributed by atoms with Gasteiger partial charge in [-0.25, -0.2) is 0 Å². The standard InChI is InChI=1S/C13H18N2O4/c1-4-15(8-7-11(16)19-3)13(18)10-6-5-9(2)14-12(10)17/h5-6H,4,7-8H2,1-3H3,(H,14,17). The van der Waals surface area contributed by atoms with Crippen LogP contribution in [0.3, 0.4) is 0 Å². The number of pyridine rings is 1. The number of aromatic amines is 1. The Morgan fingerprint density at radius 2 is 2.05 bits per heavy atom. The number of H-pyrrole nitrogens is 1. The van der Waals surface area contributed by atoms with Crippen molar-refractivity contribution in [3.05, 3.63) is 33.7 Å². The fourth-order valence-electron chi connectivity index (χ4n) is 1.64. The summed E-state index contributed by atoms with van der Waals surface area (Å²) in [6.45, 7) is 4.18. The molecular weight excluding hydrogens is 248 g/mol. The van der Waals surface area contributed by atoms with E-state index < -0.39 is 5.56 Å². The summed E-state index contributed by atoms with van der Waals surface area (Å²) in [4.78, 5) is 39.0. The summed E-state index contributed by atoms with van der Waals surface area (Å²) in [5.41, 5.74) is 0.359. The first-order valence-electron chi connectivity index (χ1n) is 6.05. The number of hydrogen-bond acceptors (Lipinski definition) is 4. The maximum atomic E-state index is 12.2. The van der Waals surface area contributed by atoms with Crippen LogP contribution in [-0.2, 0) is 9.53 Å².